The van der Waals surface area contributed by atoms with Gasteiger partial charge in [-0.3, -0.25) is 4.79 Å². The molecule has 1 atom stereocenters. The highest BCUT2D eigenvalue weighted by Gasteiger charge is 2.01. The predicted molar refractivity (Wildman–Crippen MR) is 21.5 cm³/mol. The molecule has 0 spiro atoms. The SMILES string of the molecule is CC([NH3+])C(N)=O. The molecule has 0 aromatic rings. The lowest BCUT2D eigenvalue weighted by atomic mass is 10.4. The molecule has 0 saturated heterocycles. The first kappa shape index (κ1) is 5.43. The van der Waals surface area contributed by atoms with Crippen LogP contribution in [0.5, 0.6) is 0 Å². The first-order chi connectivity index (χ1) is 2.64. The molecule has 0 aromatic heterocycles. The van der Waals surface area contributed by atoms with Gasteiger partial charge in [0.2, 0.25) is 0 Å². The van der Waals surface area contributed by atoms with Crippen LogP contribution in [0.4, 0.5) is 0 Å². The van der Waals surface area contributed by atoms with Gasteiger partial charge in [-0.05, 0) is 6.92 Å². The number of amides is 1. The summed E-state index contributed by atoms with van der Waals surface area (Å²) in [6, 6.07) is -0.259. The summed E-state index contributed by atoms with van der Waals surface area (Å²) in [5.74, 6) is -0.352. The van der Waals surface area contributed by atoms with Gasteiger partial charge in [0.25, 0.3) is 5.91 Å². The van der Waals surface area contributed by atoms with Gasteiger partial charge in [0, 0.05) is 0 Å². The number of carbonyl (C=O) groups excluding carboxylic acids is 1. The van der Waals surface area contributed by atoms with Gasteiger partial charge in [0.15, 0.2) is 6.04 Å². The van der Waals surface area contributed by atoms with Crippen molar-refractivity contribution >= 4 is 5.91 Å². The van der Waals surface area contributed by atoms with Crippen LogP contribution in [-0.4, -0.2) is 11.9 Å². The maximum atomic E-state index is 9.86. The van der Waals surface area contributed by atoms with Crippen molar-refractivity contribution in [2.45, 2.75) is 13.0 Å². The zero-order valence-electron chi connectivity index (χ0n) is 3.77. The standard InChI is InChI=1S/C3H8N2O/c1-2(4)3(5)6/h2H,4H2,1H3,(H2,5,6)/p+1. The Kier molecular flexibility index (Phi) is 1.60. The van der Waals surface area contributed by atoms with Crippen molar-refractivity contribution in [3.05, 3.63) is 0 Å². The number of carbonyl (C=O) groups is 1. The summed E-state index contributed by atoms with van der Waals surface area (Å²) in [5, 5.41) is 0. The van der Waals surface area contributed by atoms with Crippen LogP contribution < -0.4 is 11.5 Å². The van der Waals surface area contributed by atoms with E-state index in [0.717, 1.165) is 0 Å². The molecule has 6 heavy (non-hydrogen) atoms. The van der Waals surface area contributed by atoms with E-state index in [2.05, 4.69) is 5.73 Å². The summed E-state index contributed by atoms with van der Waals surface area (Å²) in [5.41, 5.74) is 8.10. The predicted octanol–water partition coefficient (Wildman–Crippen LogP) is -1.90. The molecule has 36 valence electrons. The zero-order valence-corrected chi connectivity index (χ0v) is 3.77. The Morgan fingerprint density at radius 1 is 2.00 bits per heavy atom. The molecule has 0 rings (SSSR count). The zero-order chi connectivity index (χ0) is 5.15. The van der Waals surface area contributed by atoms with Gasteiger partial charge in [-0.2, -0.15) is 0 Å². The fourth-order valence-electron chi connectivity index (χ4n) is 0. The highest BCUT2D eigenvalue weighted by Crippen LogP contribution is 1.60. The van der Waals surface area contributed by atoms with Crippen LogP contribution in [0.25, 0.3) is 0 Å². The second-order valence-electron chi connectivity index (χ2n) is 1.30. The quantitative estimate of drug-likeness (QED) is 0.387. The maximum Gasteiger partial charge on any atom is 0.275 e. The van der Waals surface area contributed by atoms with Crippen molar-refractivity contribution < 1.29 is 10.5 Å². The van der Waals surface area contributed by atoms with Crippen molar-refractivity contribution in [2.24, 2.45) is 5.73 Å². The molecule has 0 bridgehead atoms. The summed E-state index contributed by atoms with van der Waals surface area (Å²) in [4.78, 5) is 9.86. The molecule has 1 unspecified atom stereocenters. The number of rotatable bonds is 1. The molecule has 0 aliphatic rings. The van der Waals surface area contributed by atoms with Crippen LogP contribution in [0.15, 0.2) is 0 Å². The van der Waals surface area contributed by atoms with Gasteiger partial charge in [-0.1, -0.05) is 0 Å². The third kappa shape index (κ3) is 1.72. The minimum atomic E-state index is -0.352. The molecule has 1 amide bonds. The number of hydrogen-bond donors (Lipinski definition) is 2. The number of quaternary nitrogens is 1. The van der Waals surface area contributed by atoms with Crippen LogP contribution in [0, 0.1) is 0 Å². The van der Waals surface area contributed by atoms with Crippen molar-refractivity contribution in [3.8, 4) is 0 Å². The van der Waals surface area contributed by atoms with Gasteiger partial charge in [-0.25, -0.2) is 0 Å². The minimum absolute atomic E-state index is 0.259. The molecule has 3 heteroatoms. The van der Waals surface area contributed by atoms with Gasteiger partial charge < -0.3 is 11.5 Å². The van der Waals surface area contributed by atoms with E-state index >= 15 is 0 Å². The van der Waals surface area contributed by atoms with Crippen LogP contribution in [0.2, 0.25) is 0 Å². The Bertz CT molecular complexity index is 59.8. The van der Waals surface area contributed by atoms with E-state index in [4.69, 9.17) is 5.73 Å². The first-order valence-corrected chi connectivity index (χ1v) is 1.77. The first-order valence-electron chi connectivity index (χ1n) is 1.77. The summed E-state index contributed by atoms with van der Waals surface area (Å²) in [6.45, 7) is 1.66. The summed E-state index contributed by atoms with van der Waals surface area (Å²) in [6.07, 6.45) is 0. The summed E-state index contributed by atoms with van der Waals surface area (Å²) < 4.78 is 0. The van der Waals surface area contributed by atoms with Crippen LogP contribution in [0.3, 0.4) is 0 Å². The van der Waals surface area contributed by atoms with E-state index in [-0.39, 0.29) is 11.9 Å². The van der Waals surface area contributed by atoms with Crippen LogP contribution in [-0.2, 0) is 4.79 Å². The average molecular weight is 89.1 g/mol. The molecular weight excluding hydrogens is 80.0 g/mol. The van der Waals surface area contributed by atoms with E-state index in [9.17, 15) is 4.79 Å². The molecule has 0 heterocycles. The Balaban J connectivity index is 3.26. The molecule has 0 saturated carbocycles. The largest absolute Gasteiger partial charge is 0.365 e. The Labute approximate surface area is 36.3 Å². The van der Waals surface area contributed by atoms with E-state index in [1.54, 1.807) is 6.92 Å². The normalized spacial score (nSPS) is 13.7. The highest BCUT2D eigenvalue weighted by molar-refractivity contribution is 5.77. The monoisotopic (exact) mass is 89.1 g/mol. The fraction of sp³-hybridized carbons (Fsp3) is 0.667. The molecule has 5 N–H and O–H groups in total. The minimum Gasteiger partial charge on any atom is -0.365 e. The van der Waals surface area contributed by atoms with Gasteiger partial charge in [0.05, 0.1) is 0 Å². The molecule has 0 aliphatic carbocycles. The fourth-order valence-corrected chi connectivity index (χ4v) is 0. The van der Waals surface area contributed by atoms with Gasteiger partial charge >= 0.3 is 0 Å². The van der Waals surface area contributed by atoms with E-state index in [0.29, 0.717) is 0 Å². The second-order valence-corrected chi connectivity index (χ2v) is 1.30. The van der Waals surface area contributed by atoms with Crippen LogP contribution in [0.1, 0.15) is 6.92 Å². The average Bonchev–Trinajstić information content (AvgIpc) is 1.36. The summed E-state index contributed by atoms with van der Waals surface area (Å²) in [7, 11) is 0. The highest BCUT2D eigenvalue weighted by atomic mass is 16.1. The number of nitrogens with two attached hydrogens (primary N) is 1. The molecule has 0 aliphatic heterocycles. The van der Waals surface area contributed by atoms with Gasteiger partial charge in [-0.15, -0.1) is 0 Å². The Morgan fingerprint density at radius 2 is 2.17 bits per heavy atom. The lowest BCUT2D eigenvalue weighted by molar-refractivity contribution is -0.397. The lowest BCUT2D eigenvalue weighted by Gasteiger charge is -1.88. The molecule has 0 fully saturated rings. The van der Waals surface area contributed by atoms with Crippen molar-refractivity contribution in [3.63, 3.8) is 0 Å². The maximum absolute atomic E-state index is 9.86. The van der Waals surface area contributed by atoms with E-state index in [1.807, 2.05) is 0 Å². The third-order valence-electron chi connectivity index (χ3n) is 0.486. The van der Waals surface area contributed by atoms with Crippen molar-refractivity contribution in [1.82, 2.24) is 0 Å². The van der Waals surface area contributed by atoms with Crippen LogP contribution >= 0.6 is 0 Å². The number of primary amides is 1. The Hall–Kier alpha value is -0.570. The van der Waals surface area contributed by atoms with E-state index < -0.39 is 0 Å². The molecular formula is C3H9N2O+. The van der Waals surface area contributed by atoms with Crippen molar-refractivity contribution in [2.75, 3.05) is 0 Å². The Morgan fingerprint density at radius 3 is 2.17 bits per heavy atom. The van der Waals surface area contributed by atoms with Crippen molar-refractivity contribution in [1.29, 1.82) is 0 Å². The second kappa shape index (κ2) is 1.77. The molecule has 3 nitrogen and oxygen atoms in total. The topological polar surface area (TPSA) is 70.7 Å². The molecule has 0 radical (unpaired) electrons. The number of hydrogen-bond acceptors (Lipinski definition) is 1. The third-order valence-corrected chi connectivity index (χ3v) is 0.486. The molecule has 0 aromatic carbocycles. The smallest absolute Gasteiger partial charge is 0.275 e. The van der Waals surface area contributed by atoms with Gasteiger partial charge in [0.1, 0.15) is 0 Å². The summed E-state index contributed by atoms with van der Waals surface area (Å²) >= 11 is 0. The lowest BCUT2D eigenvalue weighted by Crippen LogP contribution is -2.64. The van der Waals surface area contributed by atoms with E-state index in [1.165, 1.54) is 0 Å².